The van der Waals surface area contributed by atoms with Crippen molar-refractivity contribution in [1.29, 1.82) is 0 Å². The molecule has 0 bridgehead atoms. The van der Waals surface area contributed by atoms with Gasteiger partial charge in [-0.1, -0.05) is 20.8 Å². The molecule has 0 aliphatic rings. The van der Waals surface area contributed by atoms with Crippen molar-refractivity contribution in [3.05, 3.63) is 0 Å². The number of aliphatic carboxylic acids is 3. The van der Waals surface area contributed by atoms with Crippen LogP contribution >= 0.6 is 13.5 Å². The van der Waals surface area contributed by atoms with Gasteiger partial charge in [0.2, 0.25) is 0 Å². The van der Waals surface area contributed by atoms with E-state index in [1.807, 2.05) is 0 Å². The van der Waals surface area contributed by atoms with Gasteiger partial charge in [-0.25, -0.2) is 0 Å². The summed E-state index contributed by atoms with van der Waals surface area (Å²) in [6.07, 6.45) is 0.556. The Morgan fingerprint density at radius 1 is 0.882 bits per heavy atom. The van der Waals surface area contributed by atoms with Crippen molar-refractivity contribution in [2.24, 2.45) is 0 Å². The molecule has 0 aromatic rings. The number of carboxylic acid groups (broad SMARTS) is 3. The van der Waals surface area contributed by atoms with Crippen LogP contribution in [0.5, 0.6) is 0 Å². The zero-order chi connectivity index (χ0) is 12.9. The molecule has 6 nitrogen and oxygen atoms in total. The third kappa shape index (κ3) is 89.9. The molecule has 0 radical (unpaired) electrons. The molecule has 98 valence electrons. The van der Waals surface area contributed by atoms with Crippen molar-refractivity contribution in [2.75, 3.05) is 0 Å². The molecule has 0 saturated carbocycles. The predicted molar refractivity (Wildman–Crippen MR) is 61.5 cm³/mol. The van der Waals surface area contributed by atoms with Gasteiger partial charge in [-0.2, -0.15) is 13.5 Å². The first-order valence-electron chi connectivity index (χ1n) is 4.45. The molecule has 0 unspecified atom stereocenters. The minimum Gasteiger partial charge on any atom is -0.550 e. The monoisotopic (exact) mass is 278 g/mol. The van der Waals surface area contributed by atoms with Crippen molar-refractivity contribution in [3.63, 3.8) is 0 Å². The largest absolute Gasteiger partial charge is 1.00 e. The molecule has 0 aliphatic carbocycles. The van der Waals surface area contributed by atoms with Crippen molar-refractivity contribution in [3.8, 4) is 0 Å². The molecule has 0 amide bonds. The van der Waals surface area contributed by atoms with E-state index in [1.165, 1.54) is 6.92 Å². The van der Waals surface area contributed by atoms with Crippen LogP contribution in [-0.4, -0.2) is 28.1 Å². The molecule has 2 N–H and O–H groups in total. The third-order valence-corrected chi connectivity index (χ3v) is 0.894. The summed E-state index contributed by atoms with van der Waals surface area (Å²) in [6, 6.07) is 0. The Hall–Kier alpha value is -0.240. The molecule has 0 fully saturated rings. The van der Waals surface area contributed by atoms with Crippen molar-refractivity contribution in [2.45, 2.75) is 40.0 Å². The molecule has 0 saturated heterocycles. The summed E-state index contributed by atoms with van der Waals surface area (Å²) in [5.41, 5.74) is 0. The number of carbonyl (C=O) groups excluding carboxylic acids is 1. The van der Waals surface area contributed by atoms with Crippen LogP contribution in [0.1, 0.15) is 40.0 Å². The summed E-state index contributed by atoms with van der Waals surface area (Å²) in [6.45, 7) is 4.74. The van der Waals surface area contributed by atoms with Crippen LogP contribution in [0.3, 0.4) is 0 Å². The fraction of sp³-hybridized carbons (Fsp3) is 0.667. The molecule has 0 rings (SSSR count). The molecule has 0 aromatic heterocycles. The van der Waals surface area contributed by atoms with E-state index in [0.717, 1.165) is 0 Å². The quantitative estimate of drug-likeness (QED) is 0.540. The summed E-state index contributed by atoms with van der Waals surface area (Å²) in [5, 5.41) is 24.7. The first-order valence-corrected chi connectivity index (χ1v) is 4.45. The van der Waals surface area contributed by atoms with Gasteiger partial charge in [-0.3, -0.25) is 9.59 Å². The maximum atomic E-state index is 9.37. The van der Waals surface area contributed by atoms with Crippen molar-refractivity contribution >= 4 is 31.4 Å². The van der Waals surface area contributed by atoms with Gasteiger partial charge in [-0.15, -0.1) is 0 Å². The normalized spacial score (nSPS) is 6.53. The van der Waals surface area contributed by atoms with E-state index in [0.29, 0.717) is 0 Å². The molecule has 17 heavy (non-hydrogen) atoms. The first-order chi connectivity index (χ1) is 6.81. The second kappa shape index (κ2) is 24.8. The summed E-state index contributed by atoms with van der Waals surface area (Å²) in [7, 11) is 0. The van der Waals surface area contributed by atoms with Crippen LogP contribution in [0.15, 0.2) is 0 Å². The van der Waals surface area contributed by atoms with Crippen LogP contribution < -0.4 is 34.7 Å². The van der Waals surface area contributed by atoms with E-state index in [2.05, 4.69) is 0 Å². The molecule has 8 heteroatoms. The zero-order valence-electron chi connectivity index (χ0n) is 10.6. The van der Waals surface area contributed by atoms with E-state index < -0.39 is 17.9 Å². The fourth-order valence-electron chi connectivity index (χ4n) is 0. The first kappa shape index (κ1) is 30.1. The van der Waals surface area contributed by atoms with E-state index >= 15 is 0 Å². The minimum absolute atomic E-state index is 0. The fourth-order valence-corrected chi connectivity index (χ4v) is 0. The number of hydrogen-bond donors (Lipinski definition) is 2. The maximum Gasteiger partial charge on any atom is 1.00 e. The average Bonchev–Trinajstić information content (AvgIpc) is 2.19. The summed E-state index contributed by atoms with van der Waals surface area (Å²) in [5.74, 6) is -2.49. The Balaban J connectivity index is -0.0000000400. The summed E-state index contributed by atoms with van der Waals surface area (Å²) < 4.78 is 0. The van der Waals surface area contributed by atoms with E-state index in [1.54, 1.807) is 13.8 Å². The van der Waals surface area contributed by atoms with Gasteiger partial charge >= 0.3 is 41.5 Å². The molecule has 0 heterocycles. The van der Waals surface area contributed by atoms with E-state index in [4.69, 9.17) is 10.2 Å². The Morgan fingerprint density at radius 2 is 1.00 bits per heavy atom. The van der Waals surface area contributed by atoms with Crippen LogP contribution in [-0.2, 0) is 14.4 Å². The topological polar surface area (TPSA) is 115 Å². The molecule has 0 atom stereocenters. The standard InChI is InChI=1S/3C3H6O2.Na.H2S/c3*1-2-3(4)5;;/h3*2H2,1H3,(H,4,5);;1H2/q;;;+1;/p-1. The van der Waals surface area contributed by atoms with Crippen molar-refractivity contribution in [1.82, 2.24) is 0 Å². The molecular weight excluding hydrogens is 259 g/mol. The van der Waals surface area contributed by atoms with E-state index in [9.17, 15) is 19.5 Å². The maximum absolute atomic E-state index is 9.37. The van der Waals surface area contributed by atoms with Gasteiger partial charge in [0.15, 0.2) is 0 Å². The smallest absolute Gasteiger partial charge is 0.550 e. The molecule has 0 spiro atoms. The van der Waals surface area contributed by atoms with E-state index in [-0.39, 0.29) is 62.3 Å². The minimum atomic E-state index is -0.995. The Morgan fingerprint density at radius 3 is 1.00 bits per heavy atom. The van der Waals surface area contributed by atoms with Gasteiger partial charge in [0, 0.05) is 18.8 Å². The van der Waals surface area contributed by atoms with Gasteiger partial charge in [-0.05, 0) is 6.42 Å². The van der Waals surface area contributed by atoms with Crippen LogP contribution in [0.25, 0.3) is 0 Å². The predicted octanol–water partition coefficient (Wildman–Crippen LogP) is -2.77. The average molecular weight is 278 g/mol. The number of carbonyl (C=O) groups is 3. The summed E-state index contributed by atoms with van der Waals surface area (Å²) >= 11 is 0. The van der Waals surface area contributed by atoms with Crippen LogP contribution in [0.4, 0.5) is 0 Å². The number of rotatable bonds is 3. The van der Waals surface area contributed by atoms with Crippen LogP contribution in [0, 0.1) is 0 Å². The van der Waals surface area contributed by atoms with Gasteiger partial charge in [0.25, 0.3) is 0 Å². The second-order valence-corrected chi connectivity index (χ2v) is 2.22. The summed E-state index contributed by atoms with van der Waals surface area (Å²) in [4.78, 5) is 28.0. The van der Waals surface area contributed by atoms with Gasteiger partial charge < -0.3 is 20.1 Å². The molecular formula is C9H19NaO6S. The van der Waals surface area contributed by atoms with Gasteiger partial charge in [0.1, 0.15) is 0 Å². The number of carboxylic acids is 3. The van der Waals surface area contributed by atoms with Gasteiger partial charge in [0.05, 0.1) is 0 Å². The van der Waals surface area contributed by atoms with Crippen molar-refractivity contribution < 1.29 is 59.3 Å². The zero-order valence-corrected chi connectivity index (χ0v) is 13.6. The Bertz CT molecular complexity index is 165. The van der Waals surface area contributed by atoms with Crippen LogP contribution in [0.2, 0.25) is 0 Å². The number of hydrogen-bond acceptors (Lipinski definition) is 4. The second-order valence-electron chi connectivity index (χ2n) is 2.22. The SMILES string of the molecule is CCC(=O)O.CCC(=O)O.CCC(=O)[O-].S.[Na+]. The third-order valence-electron chi connectivity index (χ3n) is 0.894. The Labute approximate surface area is 130 Å². The Kier molecular flexibility index (Phi) is 44.0. The molecule has 0 aliphatic heterocycles. The molecule has 0 aromatic carbocycles.